The number of hydrogen-bond donors (Lipinski definition) is 0. The predicted octanol–water partition coefficient (Wildman–Crippen LogP) is 2.88. The van der Waals surface area contributed by atoms with Gasteiger partial charge in [0.2, 0.25) is 0 Å². The molecule has 0 unspecified atom stereocenters. The van der Waals surface area contributed by atoms with Crippen LogP contribution in [-0.4, -0.2) is 38.7 Å². The fourth-order valence-electron chi connectivity index (χ4n) is 2.14. The minimum atomic E-state index is -0.496. The van der Waals surface area contributed by atoms with Gasteiger partial charge >= 0.3 is 0 Å². The Labute approximate surface area is 140 Å². The Morgan fingerprint density at radius 2 is 1.83 bits per heavy atom. The minimum absolute atomic E-state index is 0.0567. The third kappa shape index (κ3) is 4.38. The van der Waals surface area contributed by atoms with Crippen LogP contribution in [-0.2, 0) is 11.3 Å². The topological polar surface area (TPSA) is 48.0 Å². The van der Waals surface area contributed by atoms with Crippen LogP contribution < -0.4 is 14.2 Å². The van der Waals surface area contributed by atoms with Gasteiger partial charge in [0, 0.05) is 25.2 Å². The molecule has 0 aliphatic rings. The van der Waals surface area contributed by atoms with Crippen LogP contribution in [0.25, 0.3) is 0 Å². The highest BCUT2D eigenvalue weighted by molar-refractivity contribution is 5.77. The fraction of sp³-hybridized carbons (Fsp3) is 0.278. The number of para-hydroxylation sites is 1. The van der Waals surface area contributed by atoms with Crippen molar-refractivity contribution in [1.82, 2.24) is 4.90 Å². The maximum Gasteiger partial charge on any atom is 0.260 e. The highest BCUT2D eigenvalue weighted by atomic mass is 19.1. The lowest BCUT2D eigenvalue weighted by molar-refractivity contribution is -0.132. The number of rotatable bonds is 7. The number of likely N-dealkylation sites (N-methyl/N-ethyl adjacent to an activating group) is 1. The molecule has 0 N–H and O–H groups in total. The Hall–Kier alpha value is -2.76. The molecule has 2 aromatic rings. The average molecular weight is 333 g/mol. The van der Waals surface area contributed by atoms with Gasteiger partial charge in [0.05, 0.1) is 14.2 Å². The number of methoxy groups -OCH3 is 2. The summed E-state index contributed by atoms with van der Waals surface area (Å²) in [6, 6.07) is 11.4. The number of hydrogen-bond acceptors (Lipinski definition) is 4. The van der Waals surface area contributed by atoms with Crippen LogP contribution in [0.1, 0.15) is 5.56 Å². The number of nitrogens with zero attached hydrogens (tertiary/aromatic N) is 1. The van der Waals surface area contributed by atoms with E-state index in [9.17, 15) is 9.18 Å². The maximum atomic E-state index is 13.5. The molecule has 0 heterocycles. The van der Waals surface area contributed by atoms with Crippen molar-refractivity contribution >= 4 is 5.91 Å². The van der Waals surface area contributed by atoms with E-state index in [-0.39, 0.29) is 18.3 Å². The van der Waals surface area contributed by atoms with E-state index in [1.54, 1.807) is 45.5 Å². The molecule has 0 atom stereocenters. The molecule has 2 rings (SSSR count). The summed E-state index contributed by atoms with van der Waals surface area (Å²) in [6.45, 7) is 0.0997. The second-order valence-corrected chi connectivity index (χ2v) is 5.15. The summed E-state index contributed by atoms with van der Waals surface area (Å²) in [5, 5.41) is 0. The van der Waals surface area contributed by atoms with Gasteiger partial charge in [0.15, 0.2) is 18.2 Å². The second-order valence-electron chi connectivity index (χ2n) is 5.15. The third-order valence-corrected chi connectivity index (χ3v) is 3.52. The van der Waals surface area contributed by atoms with Gasteiger partial charge in [0.1, 0.15) is 11.5 Å². The molecule has 5 nitrogen and oxygen atoms in total. The molecule has 0 bridgehead atoms. The molecule has 0 saturated carbocycles. The molecule has 0 aliphatic heterocycles. The van der Waals surface area contributed by atoms with Crippen molar-refractivity contribution in [3.8, 4) is 17.2 Å². The van der Waals surface area contributed by atoms with Crippen LogP contribution in [0.2, 0.25) is 0 Å². The normalized spacial score (nSPS) is 10.2. The van der Waals surface area contributed by atoms with E-state index < -0.39 is 5.82 Å². The van der Waals surface area contributed by atoms with Crippen LogP contribution in [0.4, 0.5) is 4.39 Å². The average Bonchev–Trinajstić information content (AvgIpc) is 2.61. The first-order valence-corrected chi connectivity index (χ1v) is 7.37. The number of benzene rings is 2. The zero-order valence-corrected chi connectivity index (χ0v) is 13.9. The highest BCUT2D eigenvalue weighted by Crippen LogP contribution is 2.25. The monoisotopic (exact) mass is 333 g/mol. The van der Waals surface area contributed by atoms with Gasteiger partial charge in [-0.3, -0.25) is 4.79 Å². The Morgan fingerprint density at radius 1 is 1.08 bits per heavy atom. The van der Waals surface area contributed by atoms with Gasteiger partial charge in [-0.2, -0.15) is 0 Å². The lowest BCUT2D eigenvalue weighted by Gasteiger charge is -2.19. The van der Waals surface area contributed by atoms with Crippen molar-refractivity contribution in [2.24, 2.45) is 0 Å². The smallest absolute Gasteiger partial charge is 0.260 e. The van der Waals surface area contributed by atoms with Crippen molar-refractivity contribution in [3.05, 3.63) is 53.8 Å². The third-order valence-electron chi connectivity index (χ3n) is 3.52. The predicted molar refractivity (Wildman–Crippen MR) is 87.9 cm³/mol. The zero-order valence-electron chi connectivity index (χ0n) is 13.9. The molecule has 0 aliphatic carbocycles. The number of ether oxygens (including phenoxy) is 3. The van der Waals surface area contributed by atoms with Crippen molar-refractivity contribution in [2.75, 3.05) is 27.9 Å². The molecule has 0 spiro atoms. The SMILES string of the molecule is COc1ccc(CN(C)C(=O)COc2ccccc2F)c(OC)c1. The summed E-state index contributed by atoms with van der Waals surface area (Å²) in [7, 11) is 4.78. The first kappa shape index (κ1) is 17.6. The number of carbonyl (C=O) groups is 1. The van der Waals surface area contributed by atoms with E-state index >= 15 is 0 Å². The maximum absolute atomic E-state index is 13.5. The van der Waals surface area contributed by atoms with Crippen molar-refractivity contribution in [2.45, 2.75) is 6.54 Å². The number of amides is 1. The van der Waals surface area contributed by atoms with Crippen molar-refractivity contribution < 1.29 is 23.4 Å². The molecule has 0 radical (unpaired) electrons. The minimum Gasteiger partial charge on any atom is -0.497 e. The Kier molecular flexibility index (Phi) is 6.01. The summed E-state index contributed by atoms with van der Waals surface area (Å²) in [4.78, 5) is 13.7. The van der Waals surface area contributed by atoms with E-state index in [0.29, 0.717) is 18.0 Å². The van der Waals surface area contributed by atoms with Crippen molar-refractivity contribution in [3.63, 3.8) is 0 Å². The molecule has 128 valence electrons. The van der Waals surface area contributed by atoms with E-state index in [2.05, 4.69) is 0 Å². The van der Waals surface area contributed by atoms with Gasteiger partial charge in [-0.1, -0.05) is 12.1 Å². The summed E-state index contributed by atoms with van der Waals surface area (Å²) in [5.74, 6) is 0.596. The molecule has 2 aromatic carbocycles. The lowest BCUT2D eigenvalue weighted by atomic mass is 10.2. The summed E-state index contributed by atoms with van der Waals surface area (Å²) < 4.78 is 29.2. The van der Waals surface area contributed by atoms with Crippen molar-refractivity contribution in [1.29, 1.82) is 0 Å². The van der Waals surface area contributed by atoms with Crippen LogP contribution >= 0.6 is 0 Å². The van der Waals surface area contributed by atoms with Gasteiger partial charge < -0.3 is 19.1 Å². The van der Waals surface area contributed by atoms with Crippen LogP contribution in [0, 0.1) is 5.82 Å². The van der Waals surface area contributed by atoms with E-state index in [4.69, 9.17) is 14.2 Å². The van der Waals surface area contributed by atoms with Crippen LogP contribution in [0.15, 0.2) is 42.5 Å². The molecule has 24 heavy (non-hydrogen) atoms. The Balaban J connectivity index is 1.98. The first-order valence-electron chi connectivity index (χ1n) is 7.37. The molecule has 0 saturated heterocycles. The summed E-state index contributed by atoms with van der Waals surface area (Å²) in [6.07, 6.45) is 0. The Morgan fingerprint density at radius 3 is 2.50 bits per heavy atom. The van der Waals surface area contributed by atoms with E-state index in [1.165, 1.54) is 17.0 Å². The lowest BCUT2D eigenvalue weighted by Crippen LogP contribution is -2.31. The number of carbonyl (C=O) groups excluding carboxylic acids is 1. The zero-order chi connectivity index (χ0) is 17.5. The molecular weight excluding hydrogens is 313 g/mol. The fourth-order valence-corrected chi connectivity index (χ4v) is 2.14. The molecule has 1 amide bonds. The van der Waals surface area contributed by atoms with Gasteiger partial charge in [-0.25, -0.2) is 4.39 Å². The van der Waals surface area contributed by atoms with Crippen LogP contribution in [0.5, 0.6) is 17.2 Å². The van der Waals surface area contributed by atoms with E-state index in [0.717, 1.165) is 5.56 Å². The summed E-state index contributed by atoms with van der Waals surface area (Å²) >= 11 is 0. The van der Waals surface area contributed by atoms with Gasteiger partial charge in [0.25, 0.3) is 5.91 Å². The molecule has 0 aromatic heterocycles. The number of halogens is 1. The first-order chi connectivity index (χ1) is 11.5. The van der Waals surface area contributed by atoms with Crippen LogP contribution in [0.3, 0.4) is 0 Å². The summed E-state index contributed by atoms with van der Waals surface area (Å²) in [5.41, 5.74) is 0.833. The molecule has 0 fully saturated rings. The van der Waals surface area contributed by atoms with E-state index in [1.807, 2.05) is 6.07 Å². The van der Waals surface area contributed by atoms with Gasteiger partial charge in [-0.15, -0.1) is 0 Å². The Bertz CT molecular complexity index is 705. The van der Waals surface area contributed by atoms with Gasteiger partial charge in [-0.05, 0) is 24.3 Å². The molecular formula is C18H20FNO4. The quantitative estimate of drug-likeness (QED) is 0.782. The standard InChI is InChI=1S/C18H20FNO4/c1-20(11-13-8-9-14(22-2)10-17(13)23-3)18(21)12-24-16-7-5-4-6-15(16)19/h4-10H,11-12H2,1-3H3. The second kappa shape index (κ2) is 8.19. The largest absolute Gasteiger partial charge is 0.497 e. The molecule has 6 heteroatoms. The highest BCUT2D eigenvalue weighted by Gasteiger charge is 2.14.